The van der Waals surface area contributed by atoms with Gasteiger partial charge >= 0.3 is 0 Å². The van der Waals surface area contributed by atoms with Crippen molar-refractivity contribution >= 4 is 11.8 Å². The second-order valence-corrected chi connectivity index (χ2v) is 5.37. The number of nitrogens with zero attached hydrogens (tertiary/aromatic N) is 4. The summed E-state index contributed by atoms with van der Waals surface area (Å²) >= 11 is 1.34. The molecule has 1 aromatic carbocycles. The third-order valence-electron chi connectivity index (χ3n) is 2.91. The molecule has 22 heavy (non-hydrogen) atoms. The lowest BCUT2D eigenvalue weighted by Crippen LogP contribution is -1.92. The van der Waals surface area contributed by atoms with E-state index in [9.17, 15) is 0 Å². The number of aryl methyl sites for hydroxylation is 1. The number of benzene rings is 1. The number of thioether (sulfide) groups is 1. The summed E-state index contributed by atoms with van der Waals surface area (Å²) < 4.78 is 21.5. The van der Waals surface area contributed by atoms with E-state index < -0.39 is 0 Å². The molecular weight excluding hydrogens is 308 g/mol. The van der Waals surface area contributed by atoms with Crippen molar-refractivity contribution in [2.45, 2.75) is 17.9 Å². The van der Waals surface area contributed by atoms with Gasteiger partial charge in [0.25, 0.3) is 5.22 Å². The standard InChI is InChI=1S/C13H10N4O4S/c1-7-14-15-11(20-7)5-22-13-17-16-12(21-13)8-2-3-9-10(4-8)19-6-18-9/h2-4H,5-6H2,1H3. The van der Waals surface area contributed by atoms with Crippen molar-refractivity contribution in [1.29, 1.82) is 0 Å². The second kappa shape index (κ2) is 5.34. The summed E-state index contributed by atoms with van der Waals surface area (Å²) in [5.41, 5.74) is 0.775. The highest BCUT2D eigenvalue weighted by Crippen LogP contribution is 2.36. The number of fused-ring (bicyclic) bond motifs is 1. The van der Waals surface area contributed by atoms with Gasteiger partial charge in [-0.25, -0.2) is 0 Å². The minimum atomic E-state index is 0.229. The van der Waals surface area contributed by atoms with Gasteiger partial charge in [0, 0.05) is 12.5 Å². The second-order valence-electron chi connectivity index (χ2n) is 4.44. The molecule has 0 spiro atoms. The van der Waals surface area contributed by atoms with Gasteiger partial charge in [-0.1, -0.05) is 11.8 Å². The maximum absolute atomic E-state index is 5.61. The molecule has 0 bridgehead atoms. The summed E-state index contributed by atoms with van der Waals surface area (Å²) in [6.45, 7) is 1.97. The maximum atomic E-state index is 5.61. The Balaban J connectivity index is 1.49. The van der Waals surface area contributed by atoms with Crippen LogP contribution in [0.2, 0.25) is 0 Å². The number of hydrogen-bond donors (Lipinski definition) is 0. The molecule has 8 nitrogen and oxygen atoms in total. The number of aromatic nitrogens is 4. The zero-order chi connectivity index (χ0) is 14.9. The van der Waals surface area contributed by atoms with Gasteiger partial charge in [-0.3, -0.25) is 0 Å². The van der Waals surface area contributed by atoms with E-state index in [2.05, 4.69) is 20.4 Å². The third-order valence-corrected chi connectivity index (χ3v) is 3.72. The number of rotatable bonds is 4. The van der Waals surface area contributed by atoms with E-state index in [1.807, 2.05) is 18.2 Å². The summed E-state index contributed by atoms with van der Waals surface area (Å²) in [6.07, 6.45) is 0. The van der Waals surface area contributed by atoms with Crippen molar-refractivity contribution in [2.75, 3.05) is 6.79 Å². The van der Waals surface area contributed by atoms with E-state index in [1.54, 1.807) is 6.92 Å². The molecule has 1 aliphatic rings. The van der Waals surface area contributed by atoms with Gasteiger partial charge in [-0.2, -0.15) is 0 Å². The molecule has 0 atom stereocenters. The van der Waals surface area contributed by atoms with Crippen molar-refractivity contribution in [3.63, 3.8) is 0 Å². The van der Waals surface area contributed by atoms with Crippen LogP contribution in [-0.4, -0.2) is 27.2 Å². The normalized spacial score (nSPS) is 12.8. The summed E-state index contributed by atoms with van der Waals surface area (Å²) in [6, 6.07) is 5.47. The first-order chi connectivity index (χ1) is 10.8. The molecule has 9 heteroatoms. The van der Waals surface area contributed by atoms with Crippen LogP contribution in [0.4, 0.5) is 0 Å². The molecule has 3 aromatic rings. The lowest BCUT2D eigenvalue weighted by atomic mass is 10.2. The molecule has 0 aliphatic carbocycles. The Kier molecular flexibility index (Phi) is 3.19. The van der Waals surface area contributed by atoms with E-state index in [0.717, 1.165) is 5.56 Å². The SMILES string of the molecule is Cc1nnc(CSc2nnc(-c3ccc4c(c3)OCO4)o2)o1. The quantitative estimate of drug-likeness (QED) is 0.672. The Morgan fingerprint density at radius 3 is 2.82 bits per heavy atom. The van der Waals surface area contributed by atoms with Crippen LogP contribution in [0.3, 0.4) is 0 Å². The topological polar surface area (TPSA) is 96.3 Å². The summed E-state index contributed by atoms with van der Waals surface area (Å²) in [4.78, 5) is 0. The highest BCUT2D eigenvalue weighted by Gasteiger charge is 2.17. The highest BCUT2D eigenvalue weighted by atomic mass is 32.2. The van der Waals surface area contributed by atoms with E-state index in [0.29, 0.717) is 40.1 Å². The summed E-state index contributed by atoms with van der Waals surface area (Å²) in [7, 11) is 0. The fourth-order valence-corrected chi connectivity index (χ4v) is 2.53. The molecule has 0 fully saturated rings. The van der Waals surface area contributed by atoms with Crippen molar-refractivity contribution < 1.29 is 18.3 Å². The monoisotopic (exact) mass is 318 g/mol. The minimum Gasteiger partial charge on any atom is -0.454 e. The van der Waals surface area contributed by atoms with Gasteiger partial charge in [0.2, 0.25) is 24.5 Å². The van der Waals surface area contributed by atoms with Gasteiger partial charge in [-0.05, 0) is 18.2 Å². The zero-order valence-corrected chi connectivity index (χ0v) is 12.3. The average Bonchev–Trinajstić information content (AvgIpc) is 3.24. The van der Waals surface area contributed by atoms with E-state index in [4.69, 9.17) is 18.3 Å². The van der Waals surface area contributed by atoms with E-state index >= 15 is 0 Å². The predicted molar refractivity (Wildman–Crippen MR) is 74.5 cm³/mol. The van der Waals surface area contributed by atoms with Crippen molar-refractivity contribution in [3.8, 4) is 23.0 Å². The Hall–Kier alpha value is -2.55. The van der Waals surface area contributed by atoms with Gasteiger partial charge in [0.1, 0.15) is 0 Å². The van der Waals surface area contributed by atoms with Crippen LogP contribution < -0.4 is 9.47 Å². The maximum Gasteiger partial charge on any atom is 0.277 e. The van der Waals surface area contributed by atoms with Crippen LogP contribution in [0.1, 0.15) is 11.8 Å². The lowest BCUT2D eigenvalue weighted by Gasteiger charge is -1.97. The van der Waals surface area contributed by atoms with Gasteiger partial charge in [0.05, 0.1) is 5.75 Å². The molecule has 1 aliphatic heterocycles. The van der Waals surface area contributed by atoms with Crippen molar-refractivity contribution in [1.82, 2.24) is 20.4 Å². The van der Waals surface area contributed by atoms with E-state index in [-0.39, 0.29) is 6.79 Å². The van der Waals surface area contributed by atoms with Crippen LogP contribution in [0.5, 0.6) is 11.5 Å². The molecule has 0 amide bonds. The van der Waals surface area contributed by atoms with E-state index in [1.165, 1.54) is 11.8 Å². The highest BCUT2D eigenvalue weighted by molar-refractivity contribution is 7.98. The Morgan fingerprint density at radius 2 is 1.95 bits per heavy atom. The van der Waals surface area contributed by atoms with Crippen LogP contribution in [-0.2, 0) is 5.75 Å². The van der Waals surface area contributed by atoms with Crippen LogP contribution in [0.25, 0.3) is 11.5 Å². The molecule has 4 rings (SSSR count). The smallest absolute Gasteiger partial charge is 0.277 e. The minimum absolute atomic E-state index is 0.229. The molecule has 0 N–H and O–H groups in total. The van der Waals surface area contributed by atoms with Crippen LogP contribution in [0, 0.1) is 6.92 Å². The van der Waals surface area contributed by atoms with Gasteiger partial charge < -0.3 is 18.3 Å². The fourth-order valence-electron chi connectivity index (χ4n) is 1.93. The van der Waals surface area contributed by atoms with Crippen molar-refractivity contribution in [2.24, 2.45) is 0 Å². The van der Waals surface area contributed by atoms with Crippen LogP contribution >= 0.6 is 11.8 Å². The molecule has 2 aromatic heterocycles. The zero-order valence-electron chi connectivity index (χ0n) is 11.5. The molecule has 0 radical (unpaired) electrons. The van der Waals surface area contributed by atoms with Crippen LogP contribution in [0.15, 0.2) is 32.3 Å². The molecule has 3 heterocycles. The van der Waals surface area contributed by atoms with Gasteiger partial charge in [0.15, 0.2) is 11.5 Å². The fraction of sp³-hybridized carbons (Fsp3) is 0.231. The number of ether oxygens (including phenoxy) is 2. The molecule has 112 valence electrons. The third kappa shape index (κ3) is 2.50. The summed E-state index contributed by atoms with van der Waals surface area (Å²) in [5.74, 6) is 3.33. The first-order valence-corrected chi connectivity index (χ1v) is 7.42. The Bertz CT molecular complexity index is 816. The molecule has 0 unspecified atom stereocenters. The lowest BCUT2D eigenvalue weighted by molar-refractivity contribution is 0.174. The molecular formula is C13H10N4O4S. The largest absolute Gasteiger partial charge is 0.454 e. The molecule has 0 saturated carbocycles. The predicted octanol–water partition coefficient (Wildman–Crippen LogP) is 2.45. The van der Waals surface area contributed by atoms with Crippen molar-refractivity contribution in [3.05, 3.63) is 30.0 Å². The first kappa shape index (κ1) is 13.1. The Labute approximate surface area is 128 Å². The molecule has 0 saturated heterocycles. The van der Waals surface area contributed by atoms with Gasteiger partial charge in [-0.15, -0.1) is 20.4 Å². The number of hydrogen-bond acceptors (Lipinski definition) is 9. The average molecular weight is 318 g/mol. The Morgan fingerprint density at radius 1 is 1.05 bits per heavy atom. The first-order valence-electron chi connectivity index (χ1n) is 6.43. The summed E-state index contributed by atoms with van der Waals surface area (Å²) in [5, 5.41) is 16.1.